The van der Waals surface area contributed by atoms with Crippen molar-refractivity contribution < 1.29 is 13.9 Å². The van der Waals surface area contributed by atoms with Crippen LogP contribution in [0.1, 0.15) is 23.1 Å². The van der Waals surface area contributed by atoms with Gasteiger partial charge in [0.05, 0.1) is 7.11 Å². The summed E-state index contributed by atoms with van der Waals surface area (Å²) in [4.78, 5) is 2.20. The van der Waals surface area contributed by atoms with Crippen molar-refractivity contribution in [2.75, 3.05) is 20.2 Å². The molecule has 0 unspecified atom stereocenters. The fraction of sp³-hybridized carbons (Fsp3) is 0.231. The Bertz CT molecular complexity index is 1020. The maximum atomic E-state index is 13.1. The Kier molecular flexibility index (Phi) is 8.54. The Balaban J connectivity index is 1.75. The van der Waals surface area contributed by atoms with Crippen LogP contribution in [0.15, 0.2) is 73.3 Å². The van der Waals surface area contributed by atoms with Gasteiger partial charge in [0.2, 0.25) is 0 Å². The van der Waals surface area contributed by atoms with E-state index in [2.05, 4.69) is 11.5 Å². The zero-order chi connectivity index (χ0) is 22.9. The van der Waals surface area contributed by atoms with E-state index in [4.69, 9.17) is 26.8 Å². The van der Waals surface area contributed by atoms with Gasteiger partial charge in [-0.1, -0.05) is 42.4 Å². The summed E-state index contributed by atoms with van der Waals surface area (Å²) in [7, 11) is 1.60. The van der Waals surface area contributed by atoms with E-state index in [9.17, 15) is 4.39 Å². The Labute approximate surface area is 194 Å². The van der Waals surface area contributed by atoms with Crippen LogP contribution in [0.5, 0.6) is 11.5 Å². The van der Waals surface area contributed by atoms with Crippen molar-refractivity contribution in [1.29, 1.82) is 0 Å². The van der Waals surface area contributed by atoms with Gasteiger partial charge in [-0.25, -0.2) is 4.39 Å². The zero-order valence-electron chi connectivity index (χ0n) is 18.2. The lowest BCUT2D eigenvalue weighted by molar-refractivity contribution is 0.284. The second-order valence-electron chi connectivity index (χ2n) is 7.42. The first kappa shape index (κ1) is 23.6. The van der Waals surface area contributed by atoms with Gasteiger partial charge in [0.25, 0.3) is 0 Å². The predicted molar refractivity (Wildman–Crippen MR) is 128 cm³/mol. The summed E-state index contributed by atoms with van der Waals surface area (Å²) >= 11 is 6.02. The Morgan fingerprint density at radius 2 is 1.69 bits per heavy atom. The molecule has 168 valence electrons. The fourth-order valence-corrected chi connectivity index (χ4v) is 3.42. The van der Waals surface area contributed by atoms with Gasteiger partial charge in [0.1, 0.15) is 12.4 Å². The molecule has 0 radical (unpaired) electrons. The van der Waals surface area contributed by atoms with Gasteiger partial charge in [0.15, 0.2) is 11.5 Å². The third kappa shape index (κ3) is 6.49. The smallest absolute Gasteiger partial charge is 0.161 e. The Morgan fingerprint density at radius 3 is 2.34 bits per heavy atom. The van der Waals surface area contributed by atoms with E-state index in [0.717, 1.165) is 35.4 Å². The number of nitrogens with two attached hydrogens (primary N) is 1. The first-order valence-electron chi connectivity index (χ1n) is 10.4. The van der Waals surface area contributed by atoms with Crippen molar-refractivity contribution >= 4 is 17.3 Å². The van der Waals surface area contributed by atoms with Crippen molar-refractivity contribution in [3.05, 3.63) is 101 Å². The second-order valence-corrected chi connectivity index (χ2v) is 7.85. The van der Waals surface area contributed by atoms with Crippen LogP contribution < -0.4 is 15.2 Å². The van der Waals surface area contributed by atoms with Crippen LogP contribution in [-0.4, -0.2) is 25.1 Å². The molecule has 0 spiro atoms. The normalized spacial score (nSPS) is 10.6. The molecule has 0 atom stereocenters. The quantitative estimate of drug-likeness (QED) is 0.392. The highest BCUT2D eigenvalue weighted by Gasteiger charge is 2.14. The van der Waals surface area contributed by atoms with Gasteiger partial charge >= 0.3 is 0 Å². The van der Waals surface area contributed by atoms with E-state index < -0.39 is 0 Å². The molecule has 32 heavy (non-hydrogen) atoms. The number of halogens is 2. The molecule has 0 aliphatic heterocycles. The van der Waals surface area contributed by atoms with Gasteiger partial charge < -0.3 is 20.1 Å². The summed E-state index contributed by atoms with van der Waals surface area (Å²) in [5.41, 5.74) is 9.57. The second kappa shape index (κ2) is 11.6. The van der Waals surface area contributed by atoms with Crippen LogP contribution in [0, 0.1) is 5.82 Å². The largest absolute Gasteiger partial charge is 0.493 e. The van der Waals surface area contributed by atoms with Gasteiger partial charge in [0, 0.05) is 29.4 Å². The molecule has 0 fully saturated rings. The lowest BCUT2D eigenvalue weighted by Crippen LogP contribution is -2.24. The van der Waals surface area contributed by atoms with Gasteiger partial charge in [-0.2, -0.15) is 0 Å². The van der Waals surface area contributed by atoms with Crippen molar-refractivity contribution in [3.63, 3.8) is 0 Å². The lowest BCUT2D eigenvalue weighted by Gasteiger charge is -2.27. The Hall–Kier alpha value is -3.02. The molecule has 0 heterocycles. The number of hydrogen-bond acceptors (Lipinski definition) is 4. The van der Waals surface area contributed by atoms with Crippen molar-refractivity contribution in [2.45, 2.75) is 19.6 Å². The number of methoxy groups -OCH3 is 1. The van der Waals surface area contributed by atoms with E-state index in [1.165, 1.54) is 12.1 Å². The molecule has 0 bridgehead atoms. The molecule has 6 heteroatoms. The van der Waals surface area contributed by atoms with E-state index in [1.54, 1.807) is 19.2 Å². The molecular weight excluding hydrogens is 427 g/mol. The summed E-state index contributed by atoms with van der Waals surface area (Å²) in [6, 6.07) is 19.8. The SMILES string of the molecule is C=C(c1ccc(OCc2ccc(F)cc2)c(OC)c1)N(CCCN)Cc1ccc(Cl)cc1. The van der Waals surface area contributed by atoms with Crippen LogP contribution in [0.4, 0.5) is 4.39 Å². The molecule has 2 N–H and O–H groups in total. The average Bonchev–Trinajstić information content (AvgIpc) is 2.82. The molecule has 0 aliphatic carbocycles. The summed E-state index contributed by atoms with van der Waals surface area (Å²) in [6.45, 7) is 6.72. The van der Waals surface area contributed by atoms with Crippen LogP contribution in [0.25, 0.3) is 5.70 Å². The van der Waals surface area contributed by atoms with Crippen molar-refractivity contribution in [3.8, 4) is 11.5 Å². The standard InChI is InChI=1S/C26H28ClFN2O2/c1-19(30(15-3-14-29)17-20-4-9-23(27)10-5-20)22-8-13-25(26(16-22)31-2)32-18-21-6-11-24(28)12-7-21/h4-13,16H,1,3,14-15,17-18,29H2,2H3. The van der Waals surface area contributed by atoms with Gasteiger partial charge in [-0.3, -0.25) is 0 Å². The minimum Gasteiger partial charge on any atom is -0.493 e. The maximum absolute atomic E-state index is 13.1. The maximum Gasteiger partial charge on any atom is 0.161 e. The lowest BCUT2D eigenvalue weighted by atomic mass is 10.1. The zero-order valence-corrected chi connectivity index (χ0v) is 18.9. The highest BCUT2D eigenvalue weighted by molar-refractivity contribution is 6.30. The number of ether oxygens (including phenoxy) is 2. The molecule has 0 aliphatic rings. The molecule has 4 nitrogen and oxygen atoms in total. The van der Waals surface area contributed by atoms with Crippen molar-refractivity contribution in [2.24, 2.45) is 5.73 Å². The third-order valence-electron chi connectivity index (χ3n) is 5.11. The van der Waals surface area contributed by atoms with E-state index >= 15 is 0 Å². The predicted octanol–water partition coefficient (Wildman–Crippen LogP) is 5.89. The molecule has 3 rings (SSSR count). The number of benzene rings is 3. The molecule has 0 aromatic heterocycles. The van der Waals surface area contributed by atoms with Crippen LogP contribution in [0.2, 0.25) is 5.02 Å². The molecular formula is C26H28ClFN2O2. The molecule has 0 amide bonds. The Morgan fingerprint density at radius 1 is 1.00 bits per heavy atom. The molecule has 0 saturated carbocycles. The van der Waals surface area contributed by atoms with Crippen LogP contribution >= 0.6 is 11.6 Å². The highest BCUT2D eigenvalue weighted by Crippen LogP contribution is 2.32. The third-order valence-corrected chi connectivity index (χ3v) is 5.36. The average molecular weight is 455 g/mol. The van der Waals surface area contributed by atoms with E-state index in [1.807, 2.05) is 42.5 Å². The first-order chi connectivity index (χ1) is 15.5. The summed E-state index contributed by atoms with van der Waals surface area (Å²) < 4.78 is 24.6. The van der Waals surface area contributed by atoms with Gasteiger partial charge in [-0.15, -0.1) is 0 Å². The van der Waals surface area contributed by atoms with E-state index in [-0.39, 0.29) is 5.82 Å². The number of hydrogen-bond donors (Lipinski definition) is 1. The monoisotopic (exact) mass is 454 g/mol. The van der Waals surface area contributed by atoms with Crippen molar-refractivity contribution in [1.82, 2.24) is 4.90 Å². The molecule has 0 saturated heterocycles. The van der Waals surface area contributed by atoms with Crippen LogP contribution in [0.3, 0.4) is 0 Å². The summed E-state index contributed by atoms with van der Waals surface area (Å²) in [5, 5.41) is 0.710. The van der Waals surface area contributed by atoms with E-state index in [0.29, 0.717) is 36.2 Å². The number of rotatable bonds is 11. The summed E-state index contributed by atoms with van der Waals surface area (Å²) in [5.74, 6) is 0.947. The number of nitrogens with zero attached hydrogens (tertiary/aromatic N) is 1. The van der Waals surface area contributed by atoms with Crippen LogP contribution in [-0.2, 0) is 13.2 Å². The fourth-order valence-electron chi connectivity index (χ4n) is 3.29. The summed E-state index contributed by atoms with van der Waals surface area (Å²) in [6.07, 6.45) is 0.850. The highest BCUT2D eigenvalue weighted by atomic mass is 35.5. The molecule has 3 aromatic rings. The minimum atomic E-state index is -0.271. The molecule has 3 aromatic carbocycles. The minimum absolute atomic E-state index is 0.271. The van der Waals surface area contributed by atoms with Gasteiger partial charge in [-0.05, 0) is 66.6 Å². The topological polar surface area (TPSA) is 47.7 Å². The first-order valence-corrected chi connectivity index (χ1v) is 10.8.